The molecule has 1 aliphatic carbocycles. The molecule has 0 aromatic carbocycles. The lowest BCUT2D eigenvalue weighted by molar-refractivity contribution is -0.149. The molecule has 1 saturated carbocycles. The third-order valence-corrected chi connectivity index (χ3v) is 3.68. The molecule has 0 aromatic rings. The van der Waals surface area contributed by atoms with Crippen LogP contribution in [0.5, 0.6) is 0 Å². The summed E-state index contributed by atoms with van der Waals surface area (Å²) in [6, 6.07) is -0.634. The highest BCUT2D eigenvalue weighted by molar-refractivity contribution is 5.85. The minimum absolute atomic E-state index is 0.0554. The Balaban J connectivity index is 1.82. The van der Waals surface area contributed by atoms with E-state index >= 15 is 0 Å². The summed E-state index contributed by atoms with van der Waals surface area (Å²) < 4.78 is 0. The standard InChI is InChI=1S/C12H20N2O3/c1-8-4-5-14(11(8)12(16)17)10(15)7-13-6-9-2-3-9/h8-9,11,13H,2-7H2,1H3,(H,16,17). The summed E-state index contributed by atoms with van der Waals surface area (Å²) in [7, 11) is 0. The second-order valence-electron chi connectivity index (χ2n) is 5.21. The predicted octanol–water partition coefficient (Wildman–Crippen LogP) is 0.308. The van der Waals surface area contributed by atoms with E-state index in [1.165, 1.54) is 17.7 Å². The highest BCUT2D eigenvalue weighted by atomic mass is 16.4. The second kappa shape index (κ2) is 5.04. The van der Waals surface area contributed by atoms with Crippen LogP contribution in [0.4, 0.5) is 0 Å². The van der Waals surface area contributed by atoms with Gasteiger partial charge in [-0.3, -0.25) is 4.79 Å². The molecule has 1 aliphatic heterocycles. The van der Waals surface area contributed by atoms with Crippen molar-refractivity contribution in [2.75, 3.05) is 19.6 Å². The number of aliphatic carboxylic acids is 1. The van der Waals surface area contributed by atoms with E-state index in [0.717, 1.165) is 18.9 Å². The summed E-state index contributed by atoms with van der Waals surface area (Å²) in [6.07, 6.45) is 3.28. The Morgan fingerprint density at radius 3 is 2.65 bits per heavy atom. The van der Waals surface area contributed by atoms with Crippen LogP contribution in [-0.2, 0) is 9.59 Å². The molecular formula is C12H20N2O3. The topological polar surface area (TPSA) is 69.6 Å². The van der Waals surface area contributed by atoms with E-state index in [1.807, 2.05) is 6.92 Å². The first kappa shape index (κ1) is 12.4. The number of amides is 1. The van der Waals surface area contributed by atoms with E-state index < -0.39 is 12.0 Å². The SMILES string of the molecule is CC1CCN(C(=O)CNCC2CC2)C1C(=O)O. The Bertz CT molecular complexity index is 315. The molecule has 96 valence electrons. The number of hydrogen-bond acceptors (Lipinski definition) is 3. The van der Waals surface area contributed by atoms with Crippen LogP contribution >= 0.6 is 0 Å². The second-order valence-corrected chi connectivity index (χ2v) is 5.21. The third kappa shape index (κ3) is 2.97. The van der Waals surface area contributed by atoms with Crippen LogP contribution in [0.1, 0.15) is 26.2 Å². The molecule has 1 saturated heterocycles. The molecule has 2 fully saturated rings. The Hall–Kier alpha value is -1.10. The number of hydrogen-bond donors (Lipinski definition) is 2. The van der Waals surface area contributed by atoms with Crippen molar-refractivity contribution in [3.05, 3.63) is 0 Å². The van der Waals surface area contributed by atoms with Gasteiger partial charge in [-0.1, -0.05) is 6.92 Å². The van der Waals surface area contributed by atoms with E-state index in [-0.39, 0.29) is 18.4 Å². The van der Waals surface area contributed by atoms with Gasteiger partial charge in [0.25, 0.3) is 0 Å². The average molecular weight is 240 g/mol. The molecule has 2 aliphatic rings. The Morgan fingerprint density at radius 1 is 1.35 bits per heavy atom. The van der Waals surface area contributed by atoms with Crippen LogP contribution in [-0.4, -0.2) is 47.6 Å². The van der Waals surface area contributed by atoms with Crippen LogP contribution < -0.4 is 5.32 Å². The fraction of sp³-hybridized carbons (Fsp3) is 0.833. The number of nitrogens with zero attached hydrogens (tertiary/aromatic N) is 1. The smallest absolute Gasteiger partial charge is 0.326 e. The van der Waals surface area contributed by atoms with Crippen LogP contribution in [0, 0.1) is 11.8 Å². The summed E-state index contributed by atoms with van der Waals surface area (Å²) >= 11 is 0. The maximum atomic E-state index is 11.9. The van der Waals surface area contributed by atoms with E-state index in [0.29, 0.717) is 6.54 Å². The number of carbonyl (C=O) groups is 2. The molecule has 2 unspecified atom stereocenters. The lowest BCUT2D eigenvalue weighted by Gasteiger charge is -2.23. The first-order valence-electron chi connectivity index (χ1n) is 6.32. The third-order valence-electron chi connectivity index (χ3n) is 3.68. The maximum Gasteiger partial charge on any atom is 0.326 e. The minimum atomic E-state index is -0.884. The molecule has 2 rings (SSSR count). The van der Waals surface area contributed by atoms with Gasteiger partial charge in [-0.2, -0.15) is 0 Å². The molecule has 0 radical (unpaired) electrons. The van der Waals surface area contributed by atoms with Crippen LogP contribution in [0.15, 0.2) is 0 Å². The summed E-state index contributed by atoms with van der Waals surface area (Å²) in [5.41, 5.74) is 0. The molecule has 1 amide bonds. The van der Waals surface area contributed by atoms with Gasteiger partial charge in [0.1, 0.15) is 6.04 Å². The molecule has 5 nitrogen and oxygen atoms in total. The lowest BCUT2D eigenvalue weighted by atomic mass is 10.0. The van der Waals surface area contributed by atoms with Gasteiger partial charge in [0.05, 0.1) is 6.54 Å². The number of nitrogens with one attached hydrogen (secondary N) is 1. The molecule has 1 heterocycles. The van der Waals surface area contributed by atoms with E-state index in [4.69, 9.17) is 5.11 Å². The van der Waals surface area contributed by atoms with Gasteiger partial charge in [-0.05, 0) is 37.6 Å². The van der Waals surface area contributed by atoms with Crippen molar-refractivity contribution >= 4 is 11.9 Å². The summed E-state index contributed by atoms with van der Waals surface area (Å²) in [6.45, 7) is 3.62. The summed E-state index contributed by atoms with van der Waals surface area (Å²) in [5.74, 6) is -0.177. The van der Waals surface area contributed by atoms with Gasteiger partial charge in [0, 0.05) is 6.54 Å². The van der Waals surface area contributed by atoms with Crippen LogP contribution in [0.2, 0.25) is 0 Å². The van der Waals surface area contributed by atoms with Crippen molar-refractivity contribution in [2.45, 2.75) is 32.2 Å². The minimum Gasteiger partial charge on any atom is -0.480 e. The van der Waals surface area contributed by atoms with Crippen molar-refractivity contribution in [2.24, 2.45) is 11.8 Å². The molecule has 0 spiro atoms. The highest BCUT2D eigenvalue weighted by Gasteiger charge is 2.39. The Morgan fingerprint density at radius 2 is 2.06 bits per heavy atom. The molecule has 0 bridgehead atoms. The van der Waals surface area contributed by atoms with Crippen molar-refractivity contribution in [1.82, 2.24) is 10.2 Å². The van der Waals surface area contributed by atoms with Gasteiger partial charge in [0.15, 0.2) is 0 Å². The monoisotopic (exact) mass is 240 g/mol. The first-order chi connectivity index (χ1) is 8.09. The molecular weight excluding hydrogens is 220 g/mol. The zero-order valence-electron chi connectivity index (χ0n) is 10.2. The first-order valence-corrected chi connectivity index (χ1v) is 6.32. The van der Waals surface area contributed by atoms with E-state index in [1.54, 1.807) is 0 Å². The summed E-state index contributed by atoms with van der Waals surface area (Å²) in [5, 5.41) is 12.2. The zero-order chi connectivity index (χ0) is 12.4. The average Bonchev–Trinajstić information content (AvgIpc) is 2.99. The zero-order valence-corrected chi connectivity index (χ0v) is 10.2. The molecule has 2 N–H and O–H groups in total. The predicted molar refractivity (Wildman–Crippen MR) is 62.5 cm³/mol. The number of carbonyl (C=O) groups excluding carboxylic acids is 1. The molecule has 5 heteroatoms. The van der Waals surface area contributed by atoms with Gasteiger partial charge in [-0.25, -0.2) is 4.79 Å². The Kier molecular flexibility index (Phi) is 3.66. The fourth-order valence-electron chi connectivity index (χ4n) is 2.41. The molecule has 0 aromatic heterocycles. The number of rotatable bonds is 5. The fourth-order valence-corrected chi connectivity index (χ4v) is 2.41. The van der Waals surface area contributed by atoms with Gasteiger partial charge >= 0.3 is 5.97 Å². The Labute approximate surface area is 101 Å². The van der Waals surface area contributed by atoms with Crippen molar-refractivity contribution < 1.29 is 14.7 Å². The largest absolute Gasteiger partial charge is 0.480 e. The number of carboxylic acid groups (broad SMARTS) is 1. The van der Waals surface area contributed by atoms with Gasteiger partial charge < -0.3 is 15.3 Å². The molecule has 2 atom stereocenters. The normalized spacial score (nSPS) is 28.4. The van der Waals surface area contributed by atoms with Crippen molar-refractivity contribution in [3.8, 4) is 0 Å². The van der Waals surface area contributed by atoms with Gasteiger partial charge in [0.2, 0.25) is 5.91 Å². The van der Waals surface area contributed by atoms with Crippen molar-refractivity contribution in [3.63, 3.8) is 0 Å². The van der Waals surface area contributed by atoms with Crippen LogP contribution in [0.25, 0.3) is 0 Å². The number of carboxylic acids is 1. The van der Waals surface area contributed by atoms with E-state index in [2.05, 4.69) is 5.32 Å². The quantitative estimate of drug-likeness (QED) is 0.725. The maximum absolute atomic E-state index is 11.9. The molecule has 17 heavy (non-hydrogen) atoms. The number of likely N-dealkylation sites (tertiary alicyclic amines) is 1. The summed E-state index contributed by atoms with van der Waals surface area (Å²) in [4.78, 5) is 24.5. The highest BCUT2D eigenvalue weighted by Crippen LogP contribution is 2.27. The van der Waals surface area contributed by atoms with Gasteiger partial charge in [-0.15, -0.1) is 0 Å². The van der Waals surface area contributed by atoms with Crippen LogP contribution in [0.3, 0.4) is 0 Å². The lowest BCUT2D eigenvalue weighted by Crippen LogP contribution is -2.46. The van der Waals surface area contributed by atoms with Crippen molar-refractivity contribution in [1.29, 1.82) is 0 Å². The van der Waals surface area contributed by atoms with E-state index in [9.17, 15) is 9.59 Å².